The van der Waals surface area contributed by atoms with Gasteiger partial charge in [-0.3, -0.25) is 4.90 Å². The lowest BCUT2D eigenvalue weighted by Gasteiger charge is -2.32. The lowest BCUT2D eigenvalue weighted by atomic mass is 9.94. The Morgan fingerprint density at radius 1 is 1.71 bits per heavy atom. The van der Waals surface area contributed by atoms with Gasteiger partial charge in [-0.1, -0.05) is 12.2 Å². The Bertz CT molecular complexity index is 241. The van der Waals surface area contributed by atoms with Crippen molar-refractivity contribution in [1.82, 2.24) is 4.90 Å². The third-order valence-electron chi connectivity index (χ3n) is 3.62. The summed E-state index contributed by atoms with van der Waals surface area (Å²) in [5, 5.41) is 9.51. The molecule has 0 unspecified atom stereocenters. The normalized spacial score (nSPS) is 37.9. The van der Waals surface area contributed by atoms with Crippen LogP contribution in [0.2, 0.25) is 0 Å². The number of fused-ring (bicyclic) bond motifs is 1. The maximum Gasteiger partial charge on any atom is 0.0618 e. The second-order valence-electron chi connectivity index (χ2n) is 4.58. The molecule has 0 aromatic rings. The summed E-state index contributed by atoms with van der Waals surface area (Å²) >= 11 is 0. The van der Waals surface area contributed by atoms with Gasteiger partial charge >= 0.3 is 0 Å². The maximum atomic E-state index is 9.51. The number of hydrogen-bond donors (Lipinski definition) is 1. The first-order chi connectivity index (χ1) is 6.72. The van der Waals surface area contributed by atoms with Crippen molar-refractivity contribution in [2.24, 2.45) is 0 Å². The Balaban J connectivity index is 2.13. The van der Waals surface area contributed by atoms with Crippen LogP contribution in [-0.2, 0) is 4.74 Å². The molecule has 0 aromatic heterocycles. The molecule has 0 amide bonds. The zero-order valence-electron chi connectivity index (χ0n) is 8.83. The third kappa shape index (κ3) is 1.40. The van der Waals surface area contributed by atoms with Gasteiger partial charge in [0.1, 0.15) is 0 Å². The highest BCUT2D eigenvalue weighted by Crippen LogP contribution is 2.43. The predicted molar refractivity (Wildman–Crippen MR) is 55.2 cm³/mol. The Morgan fingerprint density at radius 2 is 2.50 bits per heavy atom. The van der Waals surface area contributed by atoms with E-state index < -0.39 is 0 Å². The molecule has 3 heteroatoms. The SMILES string of the molecule is C=C1CN2[C@@H](COC)CC[C@]2(CO)C1. The highest BCUT2D eigenvalue weighted by molar-refractivity contribution is 5.19. The summed E-state index contributed by atoms with van der Waals surface area (Å²) in [6.45, 7) is 6.00. The van der Waals surface area contributed by atoms with Crippen molar-refractivity contribution < 1.29 is 9.84 Å². The number of aliphatic hydroxyl groups excluding tert-OH is 1. The van der Waals surface area contributed by atoms with Crippen LogP contribution in [0.1, 0.15) is 19.3 Å². The van der Waals surface area contributed by atoms with Gasteiger partial charge < -0.3 is 9.84 Å². The van der Waals surface area contributed by atoms with Gasteiger partial charge in [0, 0.05) is 25.2 Å². The Labute approximate surface area is 85.4 Å². The van der Waals surface area contributed by atoms with E-state index in [2.05, 4.69) is 11.5 Å². The first-order valence-corrected chi connectivity index (χ1v) is 5.25. The molecule has 0 radical (unpaired) electrons. The van der Waals surface area contributed by atoms with E-state index in [9.17, 15) is 5.11 Å². The monoisotopic (exact) mass is 197 g/mol. The first-order valence-electron chi connectivity index (χ1n) is 5.25. The second-order valence-corrected chi connectivity index (χ2v) is 4.58. The van der Waals surface area contributed by atoms with Gasteiger partial charge in [-0.15, -0.1) is 0 Å². The van der Waals surface area contributed by atoms with Crippen LogP contribution in [0.5, 0.6) is 0 Å². The molecule has 2 aliphatic rings. The zero-order chi connectivity index (χ0) is 10.2. The standard InChI is InChI=1S/C11H19NO2/c1-9-5-11(8-13)4-3-10(7-14-2)12(11)6-9/h10,13H,1,3-8H2,2H3/t10-,11-/m1/s1. The average Bonchev–Trinajstić information content (AvgIpc) is 2.64. The van der Waals surface area contributed by atoms with Gasteiger partial charge in [-0.05, 0) is 19.3 Å². The van der Waals surface area contributed by atoms with Gasteiger partial charge in [0.05, 0.1) is 13.2 Å². The van der Waals surface area contributed by atoms with Gasteiger partial charge in [0.2, 0.25) is 0 Å². The van der Waals surface area contributed by atoms with E-state index in [1.807, 2.05) is 0 Å². The fraction of sp³-hybridized carbons (Fsp3) is 0.818. The second kappa shape index (κ2) is 3.65. The number of methoxy groups -OCH3 is 1. The number of hydrogen-bond acceptors (Lipinski definition) is 3. The van der Waals surface area contributed by atoms with Crippen LogP contribution in [0, 0.1) is 0 Å². The van der Waals surface area contributed by atoms with Crippen molar-refractivity contribution in [1.29, 1.82) is 0 Å². The molecule has 3 nitrogen and oxygen atoms in total. The number of rotatable bonds is 3. The summed E-state index contributed by atoms with van der Waals surface area (Å²) in [6.07, 6.45) is 3.18. The van der Waals surface area contributed by atoms with E-state index in [0.717, 1.165) is 32.4 Å². The fourth-order valence-electron chi connectivity index (χ4n) is 2.96. The minimum Gasteiger partial charge on any atom is -0.394 e. The molecule has 2 fully saturated rings. The first kappa shape index (κ1) is 10.1. The average molecular weight is 197 g/mol. The largest absolute Gasteiger partial charge is 0.394 e. The molecule has 0 aromatic carbocycles. The molecule has 0 saturated carbocycles. The molecule has 2 heterocycles. The third-order valence-corrected chi connectivity index (χ3v) is 3.62. The number of nitrogens with zero attached hydrogens (tertiary/aromatic N) is 1. The van der Waals surface area contributed by atoms with Crippen LogP contribution in [0.25, 0.3) is 0 Å². The lowest BCUT2D eigenvalue weighted by Crippen LogP contribution is -2.46. The molecule has 0 bridgehead atoms. The summed E-state index contributed by atoms with van der Waals surface area (Å²) in [5.41, 5.74) is 1.25. The van der Waals surface area contributed by atoms with Gasteiger partial charge in [-0.2, -0.15) is 0 Å². The minimum atomic E-state index is 0.000278. The van der Waals surface area contributed by atoms with Crippen molar-refractivity contribution in [3.8, 4) is 0 Å². The molecule has 14 heavy (non-hydrogen) atoms. The summed E-state index contributed by atoms with van der Waals surface area (Å²) < 4.78 is 5.21. The Hall–Kier alpha value is -0.380. The summed E-state index contributed by atoms with van der Waals surface area (Å²) in [4.78, 5) is 2.39. The molecule has 2 rings (SSSR count). The van der Waals surface area contributed by atoms with E-state index >= 15 is 0 Å². The van der Waals surface area contributed by atoms with Crippen LogP contribution in [0.4, 0.5) is 0 Å². The number of aliphatic hydroxyl groups is 1. The molecular formula is C11H19NO2. The van der Waals surface area contributed by atoms with Crippen LogP contribution >= 0.6 is 0 Å². The highest BCUT2D eigenvalue weighted by Gasteiger charge is 2.49. The lowest BCUT2D eigenvalue weighted by molar-refractivity contribution is 0.0477. The fourth-order valence-corrected chi connectivity index (χ4v) is 2.96. The molecule has 0 aliphatic carbocycles. The van der Waals surface area contributed by atoms with E-state index in [4.69, 9.17) is 4.74 Å². The van der Waals surface area contributed by atoms with E-state index in [0.29, 0.717) is 6.04 Å². The van der Waals surface area contributed by atoms with Crippen LogP contribution < -0.4 is 0 Å². The quantitative estimate of drug-likeness (QED) is 0.679. The molecular weight excluding hydrogens is 178 g/mol. The smallest absolute Gasteiger partial charge is 0.0618 e. The summed E-state index contributed by atoms with van der Waals surface area (Å²) in [6, 6.07) is 0.478. The van der Waals surface area contributed by atoms with Gasteiger partial charge in [0.15, 0.2) is 0 Å². The van der Waals surface area contributed by atoms with Gasteiger partial charge in [-0.25, -0.2) is 0 Å². The minimum absolute atomic E-state index is 0.000278. The zero-order valence-corrected chi connectivity index (χ0v) is 8.83. The predicted octanol–water partition coefficient (Wildman–Crippen LogP) is 0.788. The Morgan fingerprint density at radius 3 is 3.14 bits per heavy atom. The van der Waals surface area contributed by atoms with Crippen molar-refractivity contribution in [2.75, 3.05) is 26.9 Å². The van der Waals surface area contributed by atoms with Gasteiger partial charge in [0.25, 0.3) is 0 Å². The molecule has 80 valence electrons. The van der Waals surface area contributed by atoms with E-state index in [-0.39, 0.29) is 12.1 Å². The summed E-state index contributed by atoms with van der Waals surface area (Å²) in [5.74, 6) is 0. The molecule has 1 N–H and O–H groups in total. The Kier molecular flexibility index (Phi) is 2.64. The summed E-state index contributed by atoms with van der Waals surface area (Å²) in [7, 11) is 1.74. The van der Waals surface area contributed by atoms with E-state index in [1.165, 1.54) is 5.57 Å². The van der Waals surface area contributed by atoms with Crippen LogP contribution in [-0.4, -0.2) is 48.5 Å². The molecule has 2 atom stereocenters. The topological polar surface area (TPSA) is 32.7 Å². The molecule has 0 spiro atoms. The number of ether oxygens (including phenoxy) is 1. The van der Waals surface area contributed by atoms with Crippen molar-refractivity contribution in [2.45, 2.75) is 30.8 Å². The van der Waals surface area contributed by atoms with Crippen molar-refractivity contribution in [3.05, 3.63) is 12.2 Å². The highest BCUT2D eigenvalue weighted by atomic mass is 16.5. The molecule has 2 saturated heterocycles. The van der Waals surface area contributed by atoms with Crippen LogP contribution in [0.15, 0.2) is 12.2 Å². The maximum absolute atomic E-state index is 9.51. The van der Waals surface area contributed by atoms with Crippen molar-refractivity contribution in [3.63, 3.8) is 0 Å². The van der Waals surface area contributed by atoms with E-state index in [1.54, 1.807) is 7.11 Å². The molecule has 2 aliphatic heterocycles. The van der Waals surface area contributed by atoms with Crippen molar-refractivity contribution >= 4 is 0 Å². The van der Waals surface area contributed by atoms with Crippen LogP contribution in [0.3, 0.4) is 0 Å².